The molecule has 43 heavy (non-hydrogen) atoms. The molecule has 0 saturated carbocycles. The molecule has 230 valence electrons. The summed E-state index contributed by atoms with van der Waals surface area (Å²) < 4.78 is 31.7. The molecule has 1 aliphatic heterocycles. The number of halogens is 2. The maximum Gasteiger partial charge on any atom is 0.305 e. The van der Waals surface area contributed by atoms with Crippen LogP contribution < -0.4 is 10.9 Å². The highest BCUT2D eigenvalue weighted by Gasteiger charge is 2.30. The van der Waals surface area contributed by atoms with Crippen molar-refractivity contribution in [2.24, 2.45) is 5.92 Å². The molecule has 0 radical (unpaired) electrons. The zero-order valence-electron chi connectivity index (χ0n) is 25.3. The summed E-state index contributed by atoms with van der Waals surface area (Å²) in [6.45, 7) is 10.5. The lowest BCUT2D eigenvalue weighted by Crippen LogP contribution is -2.40. The van der Waals surface area contributed by atoms with E-state index in [1.165, 1.54) is 29.5 Å². The first-order valence-corrected chi connectivity index (χ1v) is 15.0. The van der Waals surface area contributed by atoms with Gasteiger partial charge in [0.2, 0.25) is 5.91 Å². The third-order valence-corrected chi connectivity index (χ3v) is 8.14. The van der Waals surface area contributed by atoms with Crippen LogP contribution in [0.4, 0.5) is 8.78 Å². The predicted octanol–water partition coefficient (Wildman–Crippen LogP) is 5.97. The van der Waals surface area contributed by atoms with Crippen LogP contribution >= 0.6 is 0 Å². The lowest BCUT2D eigenvalue weighted by molar-refractivity contribution is -0.138. The van der Waals surface area contributed by atoms with Crippen LogP contribution in [0, 0.1) is 31.4 Å². The first-order chi connectivity index (χ1) is 20.4. The molecule has 2 aromatic carbocycles. The molecule has 3 aromatic rings. The van der Waals surface area contributed by atoms with Crippen molar-refractivity contribution in [2.75, 3.05) is 19.6 Å². The van der Waals surface area contributed by atoms with Crippen LogP contribution in [0.15, 0.2) is 53.5 Å². The highest BCUT2D eigenvalue weighted by atomic mass is 19.2. The van der Waals surface area contributed by atoms with Crippen molar-refractivity contribution < 1.29 is 23.5 Å². The van der Waals surface area contributed by atoms with E-state index in [9.17, 15) is 19.5 Å². The van der Waals surface area contributed by atoms with Gasteiger partial charge in [-0.15, -0.1) is 0 Å². The second kappa shape index (κ2) is 14.1. The Morgan fingerprint density at radius 1 is 1.02 bits per heavy atom. The predicted molar refractivity (Wildman–Crippen MR) is 163 cm³/mol. The number of hydrogen-bond donors (Lipinski definition) is 2. The number of hydrogen-bond acceptors (Lipinski definition) is 4. The van der Waals surface area contributed by atoms with E-state index in [1.54, 1.807) is 12.3 Å². The smallest absolute Gasteiger partial charge is 0.305 e. The summed E-state index contributed by atoms with van der Waals surface area (Å²) >= 11 is 0. The second-order valence-corrected chi connectivity index (χ2v) is 12.0. The number of aromatic nitrogens is 1. The van der Waals surface area contributed by atoms with Gasteiger partial charge in [-0.1, -0.05) is 38.1 Å². The van der Waals surface area contributed by atoms with Gasteiger partial charge in [0.05, 0.1) is 12.5 Å². The number of carboxylic acids is 1. The molecular formula is C34H41F2N3O4. The van der Waals surface area contributed by atoms with Gasteiger partial charge in [0.25, 0.3) is 5.56 Å². The van der Waals surface area contributed by atoms with E-state index >= 15 is 8.78 Å². The number of nitrogens with zero attached hydrogens (tertiary/aromatic N) is 2. The number of carboxylic acid groups (broad SMARTS) is 1. The summed E-state index contributed by atoms with van der Waals surface area (Å²) in [5, 5.41) is 12.4. The summed E-state index contributed by atoms with van der Waals surface area (Å²) in [5.41, 5.74) is 3.06. The molecule has 4 rings (SSSR count). The van der Waals surface area contributed by atoms with E-state index in [0.717, 1.165) is 42.4 Å². The van der Waals surface area contributed by atoms with E-state index in [0.29, 0.717) is 24.0 Å². The first kappa shape index (κ1) is 32.1. The van der Waals surface area contributed by atoms with Crippen molar-refractivity contribution in [1.29, 1.82) is 0 Å². The zero-order valence-corrected chi connectivity index (χ0v) is 25.3. The minimum absolute atomic E-state index is 0.00960. The van der Waals surface area contributed by atoms with Gasteiger partial charge < -0.3 is 19.9 Å². The van der Waals surface area contributed by atoms with Crippen molar-refractivity contribution in [3.63, 3.8) is 0 Å². The third kappa shape index (κ3) is 7.96. The molecule has 1 aromatic heterocycles. The van der Waals surface area contributed by atoms with Gasteiger partial charge in [-0.05, 0) is 98.5 Å². The Labute approximate surface area is 251 Å². The lowest BCUT2D eigenvalue weighted by atomic mass is 9.92. The summed E-state index contributed by atoms with van der Waals surface area (Å²) in [6, 6.07) is 8.94. The average molecular weight is 594 g/mol. The van der Waals surface area contributed by atoms with Gasteiger partial charge in [0.1, 0.15) is 6.04 Å². The van der Waals surface area contributed by atoms with Crippen molar-refractivity contribution in [3.8, 4) is 11.1 Å². The standard InChI is InChI=1S/C34H41F2N3O4/c1-21(2)16-29(39-20-24(10-11-30(39)40)12-15-38-13-5-6-14-38)34(43)37-28(19-31(41)42)26-17-25(18-27(35)33(26)36)32-22(3)8-7-9-23(32)4/h7-11,17-18,20-21,28-29H,5-6,12-16,19H2,1-4H3,(H,37,43)(H,41,42). The van der Waals surface area contributed by atoms with Crippen LogP contribution in [0.5, 0.6) is 0 Å². The van der Waals surface area contributed by atoms with Gasteiger partial charge in [-0.3, -0.25) is 14.4 Å². The number of likely N-dealkylation sites (tertiary alicyclic amines) is 1. The Hall–Kier alpha value is -3.85. The number of carbonyl (C=O) groups is 2. The molecule has 1 saturated heterocycles. The molecule has 0 aliphatic carbocycles. The van der Waals surface area contributed by atoms with Gasteiger partial charge in [-0.25, -0.2) is 8.78 Å². The molecule has 2 atom stereocenters. The van der Waals surface area contributed by atoms with Crippen molar-refractivity contribution >= 4 is 11.9 Å². The van der Waals surface area contributed by atoms with E-state index < -0.39 is 42.0 Å². The quantitative estimate of drug-likeness (QED) is 0.270. The molecule has 2 unspecified atom stereocenters. The van der Waals surface area contributed by atoms with Gasteiger partial charge in [-0.2, -0.15) is 0 Å². The normalized spacial score (nSPS) is 15.0. The first-order valence-electron chi connectivity index (χ1n) is 15.0. The molecular weight excluding hydrogens is 552 g/mol. The number of amides is 1. The summed E-state index contributed by atoms with van der Waals surface area (Å²) in [4.78, 5) is 41.1. The lowest BCUT2D eigenvalue weighted by Gasteiger charge is -2.26. The number of pyridine rings is 1. The number of carbonyl (C=O) groups excluding carboxylic acids is 1. The second-order valence-electron chi connectivity index (χ2n) is 12.0. The minimum Gasteiger partial charge on any atom is -0.481 e. The highest BCUT2D eigenvalue weighted by molar-refractivity contribution is 5.82. The van der Waals surface area contributed by atoms with Crippen LogP contribution in [0.1, 0.15) is 73.9 Å². The summed E-state index contributed by atoms with van der Waals surface area (Å²) in [7, 11) is 0. The Morgan fingerprint density at radius 2 is 1.70 bits per heavy atom. The zero-order chi connectivity index (χ0) is 31.3. The molecule has 1 amide bonds. The fourth-order valence-corrected chi connectivity index (χ4v) is 5.99. The van der Waals surface area contributed by atoms with Crippen LogP contribution in [0.3, 0.4) is 0 Å². The Morgan fingerprint density at radius 3 is 2.33 bits per heavy atom. The van der Waals surface area contributed by atoms with E-state index in [-0.39, 0.29) is 17.0 Å². The van der Waals surface area contributed by atoms with Crippen LogP contribution in [0.2, 0.25) is 0 Å². The molecule has 2 heterocycles. The molecule has 1 aliphatic rings. The summed E-state index contributed by atoms with van der Waals surface area (Å²) in [5.74, 6) is -4.26. The maximum absolute atomic E-state index is 15.3. The molecule has 0 spiro atoms. The largest absolute Gasteiger partial charge is 0.481 e. The number of rotatable bonds is 12. The molecule has 0 bridgehead atoms. The monoisotopic (exact) mass is 593 g/mol. The summed E-state index contributed by atoms with van der Waals surface area (Å²) in [6.07, 6.45) is 4.38. The minimum atomic E-state index is -1.37. The van der Waals surface area contributed by atoms with E-state index in [2.05, 4.69) is 10.2 Å². The Balaban J connectivity index is 1.69. The average Bonchev–Trinajstić information content (AvgIpc) is 3.46. The van der Waals surface area contributed by atoms with E-state index in [1.807, 2.05) is 45.9 Å². The van der Waals surface area contributed by atoms with Crippen LogP contribution in [-0.2, 0) is 16.0 Å². The Bertz CT molecular complexity index is 1510. The molecule has 2 N–H and O–H groups in total. The SMILES string of the molecule is Cc1cccc(C)c1-c1cc(F)c(F)c(C(CC(=O)O)NC(=O)C(CC(C)C)n2cc(CCN3CCCC3)ccc2=O)c1. The van der Waals surface area contributed by atoms with Crippen molar-refractivity contribution in [2.45, 2.75) is 71.9 Å². The topological polar surface area (TPSA) is 91.6 Å². The number of nitrogens with one attached hydrogen (secondary N) is 1. The fourth-order valence-electron chi connectivity index (χ4n) is 5.99. The van der Waals surface area contributed by atoms with Gasteiger partial charge in [0, 0.05) is 24.4 Å². The van der Waals surface area contributed by atoms with Crippen LogP contribution in [-0.4, -0.2) is 46.1 Å². The van der Waals surface area contributed by atoms with Crippen molar-refractivity contribution in [3.05, 3.63) is 92.9 Å². The van der Waals surface area contributed by atoms with Crippen molar-refractivity contribution in [1.82, 2.24) is 14.8 Å². The van der Waals surface area contributed by atoms with Gasteiger partial charge in [0.15, 0.2) is 11.6 Å². The number of aryl methyl sites for hydroxylation is 2. The number of benzene rings is 2. The van der Waals surface area contributed by atoms with Crippen LogP contribution in [0.25, 0.3) is 11.1 Å². The maximum atomic E-state index is 15.3. The Kier molecular flexibility index (Phi) is 10.5. The van der Waals surface area contributed by atoms with E-state index in [4.69, 9.17) is 0 Å². The third-order valence-electron chi connectivity index (χ3n) is 8.14. The molecule has 7 nitrogen and oxygen atoms in total. The molecule has 9 heteroatoms. The van der Waals surface area contributed by atoms with Gasteiger partial charge >= 0.3 is 5.97 Å². The fraction of sp³-hybridized carbons (Fsp3) is 0.441. The number of aliphatic carboxylic acids is 1. The highest BCUT2D eigenvalue weighted by Crippen LogP contribution is 2.33. The molecule has 1 fully saturated rings.